The van der Waals surface area contributed by atoms with Crippen LogP contribution >= 0.6 is 24.0 Å². The van der Waals surface area contributed by atoms with Crippen molar-refractivity contribution < 1.29 is 18.3 Å². The average Bonchev–Trinajstić information content (AvgIpc) is 3.46. The van der Waals surface area contributed by atoms with Gasteiger partial charge in [0.2, 0.25) is 0 Å². The van der Waals surface area contributed by atoms with Crippen LogP contribution in [0.5, 0.6) is 0 Å². The summed E-state index contributed by atoms with van der Waals surface area (Å²) in [6.45, 7) is 8.36. The molecule has 3 unspecified atom stereocenters. The maximum Gasteiger partial charge on any atom is 0.194 e. The van der Waals surface area contributed by atoms with E-state index in [1.54, 1.807) is 6.07 Å². The number of ether oxygens (including phenoxy) is 2. The zero-order valence-electron chi connectivity index (χ0n) is 18.1. The Balaban J connectivity index is 0.00000272. The van der Waals surface area contributed by atoms with E-state index in [1.807, 2.05) is 0 Å². The lowest BCUT2D eigenvalue weighted by atomic mass is 10.1. The lowest BCUT2D eigenvalue weighted by Gasteiger charge is -2.37. The molecular formula is C22H33F2IN4O2. The molecule has 0 radical (unpaired) electrons. The zero-order chi connectivity index (χ0) is 20.9. The van der Waals surface area contributed by atoms with Gasteiger partial charge in [-0.3, -0.25) is 4.99 Å². The van der Waals surface area contributed by atoms with Crippen LogP contribution in [0, 0.1) is 17.6 Å². The minimum absolute atomic E-state index is 0. The minimum Gasteiger partial charge on any atom is -0.375 e. The summed E-state index contributed by atoms with van der Waals surface area (Å²) in [4.78, 5) is 9.30. The molecular weight excluding hydrogens is 517 g/mol. The largest absolute Gasteiger partial charge is 0.375 e. The van der Waals surface area contributed by atoms with Gasteiger partial charge < -0.3 is 24.6 Å². The second-order valence-corrected chi connectivity index (χ2v) is 8.30. The Bertz CT molecular complexity index is 748. The number of hydrogen-bond donors (Lipinski definition) is 1. The van der Waals surface area contributed by atoms with Gasteiger partial charge >= 0.3 is 0 Å². The minimum atomic E-state index is -0.804. The Morgan fingerprint density at radius 2 is 1.94 bits per heavy atom. The summed E-state index contributed by atoms with van der Waals surface area (Å²) in [5, 5.41) is 3.42. The first kappa shape index (κ1) is 24.4. The van der Waals surface area contributed by atoms with Crippen molar-refractivity contribution in [1.29, 1.82) is 0 Å². The molecule has 0 aliphatic carbocycles. The van der Waals surface area contributed by atoms with E-state index in [4.69, 9.17) is 14.5 Å². The summed E-state index contributed by atoms with van der Waals surface area (Å²) >= 11 is 0. The van der Waals surface area contributed by atoms with Gasteiger partial charge in [-0.2, -0.15) is 0 Å². The number of hydrogen-bond acceptors (Lipinski definition) is 4. The molecule has 0 spiro atoms. The SMILES string of the molecule is CCNC(=NCC1CCN(c2ccc(F)c(F)c2)C1)N1CCOC(C2CCCO2)C1.I. The van der Waals surface area contributed by atoms with Crippen molar-refractivity contribution in [2.75, 3.05) is 57.4 Å². The van der Waals surface area contributed by atoms with E-state index < -0.39 is 11.6 Å². The molecule has 3 aliphatic heterocycles. The van der Waals surface area contributed by atoms with E-state index in [9.17, 15) is 8.78 Å². The Kier molecular flexibility index (Phi) is 9.15. The number of morpholine rings is 1. The molecule has 3 fully saturated rings. The molecule has 0 aromatic heterocycles. The van der Waals surface area contributed by atoms with Crippen LogP contribution in [0.2, 0.25) is 0 Å². The maximum atomic E-state index is 13.6. The van der Waals surface area contributed by atoms with Crippen LogP contribution in [0.4, 0.5) is 14.5 Å². The van der Waals surface area contributed by atoms with Gasteiger partial charge in [0, 0.05) is 57.6 Å². The van der Waals surface area contributed by atoms with E-state index >= 15 is 0 Å². The van der Waals surface area contributed by atoms with Gasteiger partial charge in [-0.1, -0.05) is 0 Å². The predicted octanol–water partition coefficient (Wildman–Crippen LogP) is 3.25. The lowest BCUT2D eigenvalue weighted by molar-refractivity contribution is -0.0817. The number of guanidine groups is 1. The van der Waals surface area contributed by atoms with Gasteiger partial charge in [0.15, 0.2) is 17.6 Å². The van der Waals surface area contributed by atoms with E-state index in [-0.39, 0.29) is 36.2 Å². The van der Waals surface area contributed by atoms with Crippen LogP contribution in [0.3, 0.4) is 0 Å². The summed E-state index contributed by atoms with van der Waals surface area (Å²) in [5.74, 6) is -0.283. The molecule has 174 valence electrons. The Labute approximate surface area is 200 Å². The van der Waals surface area contributed by atoms with Crippen molar-refractivity contribution in [2.24, 2.45) is 10.9 Å². The fourth-order valence-corrected chi connectivity index (χ4v) is 4.53. The summed E-state index contributed by atoms with van der Waals surface area (Å²) in [6, 6.07) is 4.12. The summed E-state index contributed by atoms with van der Waals surface area (Å²) in [6.07, 6.45) is 3.45. The fourth-order valence-electron chi connectivity index (χ4n) is 4.53. The highest BCUT2D eigenvalue weighted by Gasteiger charge is 2.32. The molecule has 0 saturated carbocycles. The smallest absolute Gasteiger partial charge is 0.194 e. The van der Waals surface area contributed by atoms with Crippen molar-refractivity contribution in [3.05, 3.63) is 29.8 Å². The molecule has 0 amide bonds. The molecule has 3 heterocycles. The van der Waals surface area contributed by atoms with E-state index in [0.29, 0.717) is 19.1 Å². The van der Waals surface area contributed by atoms with Crippen molar-refractivity contribution in [2.45, 2.75) is 38.4 Å². The van der Waals surface area contributed by atoms with Crippen LogP contribution in [0.15, 0.2) is 23.2 Å². The third-order valence-corrected chi connectivity index (χ3v) is 6.16. The number of nitrogens with zero attached hydrogens (tertiary/aromatic N) is 3. The first-order valence-electron chi connectivity index (χ1n) is 11.1. The van der Waals surface area contributed by atoms with Gasteiger partial charge in [0.25, 0.3) is 0 Å². The molecule has 1 N–H and O–H groups in total. The quantitative estimate of drug-likeness (QED) is 0.347. The van der Waals surface area contributed by atoms with Crippen LogP contribution in [-0.2, 0) is 9.47 Å². The van der Waals surface area contributed by atoms with Gasteiger partial charge in [-0.05, 0) is 44.2 Å². The molecule has 1 aromatic rings. The number of anilines is 1. The number of aliphatic imine (C=N–C) groups is 1. The standard InChI is InChI=1S/C22H32F2N4O2.HI/c1-2-25-22(28-9-11-30-21(15-28)20-4-3-10-29-20)26-13-16-7-8-27(14-16)17-5-6-18(23)19(24)12-17;/h5-6,12,16,20-21H,2-4,7-11,13-15H2,1H3,(H,25,26);1H. The monoisotopic (exact) mass is 550 g/mol. The van der Waals surface area contributed by atoms with Crippen LogP contribution in [-0.4, -0.2) is 75.5 Å². The van der Waals surface area contributed by atoms with Crippen LogP contribution in [0.1, 0.15) is 26.2 Å². The van der Waals surface area contributed by atoms with Crippen molar-refractivity contribution >= 4 is 35.6 Å². The Morgan fingerprint density at radius 3 is 2.68 bits per heavy atom. The van der Waals surface area contributed by atoms with Crippen LogP contribution in [0.25, 0.3) is 0 Å². The van der Waals surface area contributed by atoms with Gasteiger partial charge in [0.05, 0.1) is 12.7 Å². The second-order valence-electron chi connectivity index (χ2n) is 8.30. The van der Waals surface area contributed by atoms with Crippen molar-refractivity contribution in [3.63, 3.8) is 0 Å². The summed E-state index contributed by atoms with van der Waals surface area (Å²) < 4.78 is 38.6. The third-order valence-electron chi connectivity index (χ3n) is 6.16. The zero-order valence-corrected chi connectivity index (χ0v) is 20.4. The normalized spacial score (nSPS) is 26.8. The Hall–Kier alpha value is -1.20. The molecule has 31 heavy (non-hydrogen) atoms. The highest BCUT2D eigenvalue weighted by Crippen LogP contribution is 2.26. The lowest BCUT2D eigenvalue weighted by Crippen LogP contribution is -2.53. The number of nitrogens with one attached hydrogen (secondary N) is 1. The van der Waals surface area contributed by atoms with E-state index in [0.717, 1.165) is 70.2 Å². The number of halogens is 3. The Morgan fingerprint density at radius 1 is 1.10 bits per heavy atom. The predicted molar refractivity (Wildman–Crippen MR) is 128 cm³/mol. The molecule has 0 bridgehead atoms. The van der Waals surface area contributed by atoms with E-state index in [1.165, 1.54) is 12.1 Å². The summed E-state index contributed by atoms with van der Waals surface area (Å²) in [7, 11) is 0. The molecule has 6 nitrogen and oxygen atoms in total. The molecule has 9 heteroatoms. The number of benzene rings is 1. The molecule has 3 atom stereocenters. The molecule has 3 saturated heterocycles. The van der Waals surface area contributed by atoms with E-state index in [2.05, 4.69) is 22.0 Å². The topological polar surface area (TPSA) is 49.3 Å². The summed E-state index contributed by atoms with van der Waals surface area (Å²) in [5.41, 5.74) is 0.736. The average molecular weight is 550 g/mol. The first-order chi connectivity index (χ1) is 14.6. The van der Waals surface area contributed by atoms with Gasteiger partial charge in [-0.15, -0.1) is 24.0 Å². The number of rotatable bonds is 5. The molecule has 4 rings (SSSR count). The molecule has 1 aromatic carbocycles. The maximum absolute atomic E-state index is 13.6. The second kappa shape index (κ2) is 11.6. The van der Waals surface area contributed by atoms with Crippen molar-refractivity contribution in [1.82, 2.24) is 10.2 Å². The fraction of sp³-hybridized carbons (Fsp3) is 0.682. The highest BCUT2D eigenvalue weighted by atomic mass is 127. The molecule has 3 aliphatic rings. The first-order valence-corrected chi connectivity index (χ1v) is 11.1. The van der Waals surface area contributed by atoms with Gasteiger partial charge in [0.1, 0.15) is 6.10 Å². The highest BCUT2D eigenvalue weighted by molar-refractivity contribution is 14.0. The van der Waals surface area contributed by atoms with Crippen molar-refractivity contribution in [3.8, 4) is 0 Å². The third kappa shape index (κ3) is 6.19. The van der Waals surface area contributed by atoms with Gasteiger partial charge in [-0.25, -0.2) is 8.78 Å². The van der Waals surface area contributed by atoms with Crippen LogP contribution < -0.4 is 10.2 Å².